The van der Waals surface area contributed by atoms with Crippen molar-refractivity contribution in [2.24, 2.45) is 0 Å². The van der Waals surface area contributed by atoms with Crippen molar-refractivity contribution in [1.29, 1.82) is 0 Å². The topological polar surface area (TPSA) is 72.9 Å². The lowest BCUT2D eigenvalue weighted by Gasteiger charge is -2.33. The summed E-state index contributed by atoms with van der Waals surface area (Å²) < 4.78 is 17.3. The van der Waals surface area contributed by atoms with Crippen molar-refractivity contribution in [3.63, 3.8) is 0 Å². The van der Waals surface area contributed by atoms with E-state index in [2.05, 4.69) is 47.3 Å². The predicted octanol–water partition coefficient (Wildman–Crippen LogP) is 3.63. The highest BCUT2D eigenvalue weighted by Gasteiger charge is 2.24. The normalized spacial score (nSPS) is 18.5. The Balaban J connectivity index is 1.89. The van der Waals surface area contributed by atoms with E-state index in [1.54, 1.807) is 0 Å². The molecular formula is C18H20BrFN6. The fourth-order valence-corrected chi connectivity index (χ4v) is 4.06. The maximum atomic E-state index is 14.4. The predicted molar refractivity (Wildman–Crippen MR) is 103 cm³/mol. The molecule has 0 saturated carbocycles. The first-order chi connectivity index (χ1) is 12.6. The molecule has 3 aromatic heterocycles. The Kier molecular flexibility index (Phi) is 4.62. The third-order valence-corrected chi connectivity index (χ3v) is 5.46. The monoisotopic (exact) mass is 418 g/mol. The lowest BCUT2D eigenvalue weighted by molar-refractivity contribution is 0.188. The number of nitrogen functional groups attached to an aromatic ring is 1. The van der Waals surface area contributed by atoms with Crippen LogP contribution in [0.5, 0.6) is 0 Å². The zero-order valence-corrected chi connectivity index (χ0v) is 16.1. The Morgan fingerprint density at radius 3 is 3.00 bits per heavy atom. The fourth-order valence-electron chi connectivity index (χ4n) is 3.73. The van der Waals surface area contributed by atoms with Gasteiger partial charge in [0.05, 0.1) is 17.9 Å². The molecule has 2 N–H and O–H groups in total. The van der Waals surface area contributed by atoms with Gasteiger partial charge in [-0.1, -0.05) is 6.92 Å². The van der Waals surface area contributed by atoms with Crippen LogP contribution in [0.15, 0.2) is 29.3 Å². The second-order valence-corrected chi connectivity index (χ2v) is 7.40. The minimum Gasteiger partial charge on any atom is -0.368 e. The average Bonchev–Trinajstić information content (AvgIpc) is 3.02. The second-order valence-electron chi connectivity index (χ2n) is 6.59. The van der Waals surface area contributed by atoms with Gasteiger partial charge in [0.15, 0.2) is 5.82 Å². The summed E-state index contributed by atoms with van der Waals surface area (Å²) in [5.74, 6) is -0.421. The number of nitrogens with zero attached hydrogens (tertiary/aromatic N) is 5. The molecule has 0 bridgehead atoms. The van der Waals surface area contributed by atoms with Crippen molar-refractivity contribution < 1.29 is 4.39 Å². The van der Waals surface area contributed by atoms with E-state index < -0.39 is 5.82 Å². The number of likely N-dealkylation sites (N-methyl/N-ethyl adjacent to an activating group) is 1. The number of likely N-dealkylation sites (tertiary alicyclic amines) is 1. The van der Waals surface area contributed by atoms with Gasteiger partial charge in [-0.2, -0.15) is 0 Å². The summed E-state index contributed by atoms with van der Waals surface area (Å²) in [5, 5.41) is 0.900. The first-order valence-electron chi connectivity index (χ1n) is 8.73. The molecule has 1 saturated heterocycles. The van der Waals surface area contributed by atoms with Gasteiger partial charge in [-0.05, 0) is 47.9 Å². The number of anilines is 1. The average molecular weight is 419 g/mol. The Labute approximate surface area is 159 Å². The number of rotatable bonds is 3. The Hall–Kier alpha value is -2.06. The summed E-state index contributed by atoms with van der Waals surface area (Å²) in [5.41, 5.74) is 7.61. The summed E-state index contributed by atoms with van der Waals surface area (Å²) in [6.45, 7) is 5.31. The Morgan fingerprint density at radius 2 is 2.19 bits per heavy atom. The molecule has 0 radical (unpaired) electrons. The summed E-state index contributed by atoms with van der Waals surface area (Å²) in [4.78, 5) is 14.7. The smallest absolute Gasteiger partial charge is 0.220 e. The molecule has 4 heterocycles. The zero-order chi connectivity index (χ0) is 18.3. The number of nitrogens with two attached hydrogens (primary N) is 1. The van der Waals surface area contributed by atoms with Crippen LogP contribution in [0.25, 0.3) is 22.2 Å². The standard InChI is InChI=1S/C18H20BrFN6/c1-2-25-5-3-4-11(9-25)26-10-13(12-6-16(19)22-8-15(12)26)17-14(20)7-23-18(21)24-17/h6-8,10-11H,2-5,9H2,1H3,(H2,21,23,24). The number of halogens is 2. The minimum atomic E-state index is -0.481. The van der Waals surface area contributed by atoms with Crippen LogP contribution in [-0.2, 0) is 0 Å². The van der Waals surface area contributed by atoms with Gasteiger partial charge in [-0.25, -0.2) is 19.3 Å². The highest BCUT2D eigenvalue weighted by atomic mass is 79.9. The van der Waals surface area contributed by atoms with Crippen molar-refractivity contribution in [2.45, 2.75) is 25.8 Å². The molecule has 3 aromatic rings. The van der Waals surface area contributed by atoms with Crippen molar-refractivity contribution in [3.8, 4) is 11.3 Å². The SMILES string of the molecule is CCN1CCCC(n2cc(-c3nc(N)ncc3F)c3cc(Br)ncc32)C1. The van der Waals surface area contributed by atoms with Crippen molar-refractivity contribution >= 4 is 32.8 Å². The van der Waals surface area contributed by atoms with Gasteiger partial charge in [0, 0.05) is 29.7 Å². The van der Waals surface area contributed by atoms with Crippen LogP contribution < -0.4 is 5.73 Å². The van der Waals surface area contributed by atoms with Crippen LogP contribution in [0, 0.1) is 5.82 Å². The fraction of sp³-hybridized carbons (Fsp3) is 0.389. The number of fused-ring (bicyclic) bond motifs is 1. The molecule has 6 nitrogen and oxygen atoms in total. The van der Waals surface area contributed by atoms with Gasteiger partial charge >= 0.3 is 0 Å². The summed E-state index contributed by atoms with van der Waals surface area (Å²) in [6, 6.07) is 2.23. The molecule has 0 spiro atoms. The van der Waals surface area contributed by atoms with E-state index in [4.69, 9.17) is 5.73 Å². The molecule has 1 atom stereocenters. The van der Waals surface area contributed by atoms with E-state index in [0.717, 1.165) is 49.6 Å². The van der Waals surface area contributed by atoms with Crippen LogP contribution in [0.1, 0.15) is 25.8 Å². The third-order valence-electron chi connectivity index (χ3n) is 5.03. The molecule has 0 aliphatic carbocycles. The minimum absolute atomic E-state index is 0.0604. The van der Waals surface area contributed by atoms with Crippen LogP contribution >= 0.6 is 15.9 Å². The van der Waals surface area contributed by atoms with Gasteiger partial charge in [0.2, 0.25) is 5.95 Å². The first kappa shape index (κ1) is 17.4. The van der Waals surface area contributed by atoms with Gasteiger partial charge in [-0.3, -0.25) is 0 Å². The van der Waals surface area contributed by atoms with Crippen molar-refractivity contribution in [2.75, 3.05) is 25.4 Å². The lowest BCUT2D eigenvalue weighted by atomic mass is 10.1. The maximum absolute atomic E-state index is 14.4. The van der Waals surface area contributed by atoms with E-state index in [-0.39, 0.29) is 11.6 Å². The third kappa shape index (κ3) is 3.07. The molecule has 1 fully saturated rings. The number of hydrogen-bond acceptors (Lipinski definition) is 5. The molecule has 26 heavy (non-hydrogen) atoms. The zero-order valence-electron chi connectivity index (χ0n) is 14.5. The van der Waals surface area contributed by atoms with Crippen LogP contribution in [0.3, 0.4) is 0 Å². The molecule has 136 valence electrons. The largest absolute Gasteiger partial charge is 0.368 e. The number of hydrogen-bond donors (Lipinski definition) is 1. The van der Waals surface area contributed by atoms with E-state index >= 15 is 0 Å². The van der Waals surface area contributed by atoms with Gasteiger partial charge in [0.1, 0.15) is 10.3 Å². The van der Waals surface area contributed by atoms with Crippen molar-refractivity contribution in [1.82, 2.24) is 24.4 Å². The van der Waals surface area contributed by atoms with Gasteiger partial charge < -0.3 is 15.2 Å². The number of pyridine rings is 1. The molecule has 1 aliphatic heterocycles. The van der Waals surface area contributed by atoms with E-state index in [1.165, 1.54) is 0 Å². The van der Waals surface area contributed by atoms with Crippen LogP contribution in [0.2, 0.25) is 0 Å². The Morgan fingerprint density at radius 1 is 1.35 bits per heavy atom. The maximum Gasteiger partial charge on any atom is 0.220 e. The summed E-state index contributed by atoms with van der Waals surface area (Å²) in [6.07, 6.45) is 7.16. The Bertz CT molecular complexity index is 956. The molecule has 8 heteroatoms. The van der Waals surface area contributed by atoms with E-state index in [0.29, 0.717) is 16.2 Å². The summed E-state index contributed by atoms with van der Waals surface area (Å²) in [7, 11) is 0. The molecule has 1 aliphatic rings. The lowest BCUT2D eigenvalue weighted by Crippen LogP contribution is -2.36. The summed E-state index contributed by atoms with van der Waals surface area (Å²) >= 11 is 3.42. The van der Waals surface area contributed by atoms with Crippen LogP contribution in [0.4, 0.5) is 10.3 Å². The van der Waals surface area contributed by atoms with Crippen molar-refractivity contribution in [3.05, 3.63) is 35.1 Å². The van der Waals surface area contributed by atoms with Gasteiger partial charge in [-0.15, -0.1) is 0 Å². The highest BCUT2D eigenvalue weighted by molar-refractivity contribution is 9.10. The second kappa shape index (κ2) is 6.92. The molecule has 0 aromatic carbocycles. The number of piperidine rings is 1. The number of aromatic nitrogens is 4. The quantitative estimate of drug-likeness (QED) is 0.657. The molecular weight excluding hydrogens is 399 g/mol. The molecule has 4 rings (SSSR count). The molecule has 0 amide bonds. The highest BCUT2D eigenvalue weighted by Crippen LogP contribution is 2.35. The van der Waals surface area contributed by atoms with Gasteiger partial charge in [0.25, 0.3) is 0 Å². The first-order valence-corrected chi connectivity index (χ1v) is 9.53. The van der Waals surface area contributed by atoms with E-state index in [1.807, 2.05) is 18.5 Å². The van der Waals surface area contributed by atoms with Crippen LogP contribution in [-0.4, -0.2) is 44.1 Å². The molecule has 1 unspecified atom stereocenters. The van der Waals surface area contributed by atoms with E-state index in [9.17, 15) is 4.39 Å².